The molecule has 2 nitrogen and oxygen atoms in total. The third-order valence-corrected chi connectivity index (χ3v) is 16.9. The summed E-state index contributed by atoms with van der Waals surface area (Å²) in [7, 11) is -1.43. The van der Waals surface area contributed by atoms with Gasteiger partial charge in [0.05, 0.1) is 6.10 Å². The second-order valence-electron chi connectivity index (χ2n) is 14.4. The average Bonchev–Trinajstić information content (AvgIpc) is 3.57. The number of benzene rings is 7. The smallest absolute Gasteiger partial charge is 0.143 e. The van der Waals surface area contributed by atoms with Crippen LogP contribution in [0, 0.1) is 11.8 Å². The molecule has 0 heterocycles. The summed E-state index contributed by atoms with van der Waals surface area (Å²) < 4.78 is 7.39. The number of rotatable bonds is 14. The predicted octanol–water partition coefficient (Wildman–Crippen LogP) is 10.0. The molecule has 1 saturated carbocycles. The van der Waals surface area contributed by atoms with Gasteiger partial charge < -0.3 is 9.84 Å². The molecular weight excluding hydrogens is 707 g/mol. The zero-order valence-corrected chi connectivity index (χ0v) is 32.9. The van der Waals surface area contributed by atoms with Gasteiger partial charge >= 0.3 is 0 Å². The van der Waals surface area contributed by atoms with Gasteiger partial charge in [-0.25, -0.2) is 0 Å². The molecule has 1 N–H and O–H groups in total. The normalized spacial score (nSPS) is 18.5. The Morgan fingerprint density at radius 3 is 1.18 bits per heavy atom. The molecule has 7 aromatic carbocycles. The fourth-order valence-corrected chi connectivity index (χ4v) is 14.8. The second-order valence-corrected chi connectivity index (χ2v) is 19.1. The lowest BCUT2D eigenvalue weighted by molar-refractivity contribution is -0.00584. The molecule has 1 aliphatic rings. The number of aliphatic hydroxyl groups excluding tert-OH is 1. The topological polar surface area (TPSA) is 29.5 Å². The first-order chi connectivity index (χ1) is 27.2. The minimum absolute atomic E-state index is 0.0693. The van der Waals surface area contributed by atoms with Crippen molar-refractivity contribution in [2.45, 2.75) is 30.2 Å². The molecule has 0 spiro atoms. The number of hydrogen-bond acceptors (Lipinski definition) is 2. The Kier molecular flexibility index (Phi) is 12.1. The van der Waals surface area contributed by atoms with Gasteiger partial charge in [-0.3, -0.25) is 0 Å². The predicted molar refractivity (Wildman–Crippen MR) is 234 cm³/mol. The Morgan fingerprint density at radius 1 is 0.455 bits per heavy atom. The van der Waals surface area contributed by atoms with Crippen LogP contribution in [0.15, 0.2) is 212 Å². The molecule has 0 saturated heterocycles. The third kappa shape index (κ3) is 8.16. The quantitative estimate of drug-likeness (QED) is 0.0885. The zero-order valence-electron chi connectivity index (χ0n) is 31.1. The summed E-state index contributed by atoms with van der Waals surface area (Å²) in [6, 6.07) is 76.3. The first-order valence-electron chi connectivity index (χ1n) is 19.5. The van der Waals surface area contributed by atoms with Gasteiger partial charge in [0.25, 0.3) is 0 Å². The van der Waals surface area contributed by atoms with Crippen molar-refractivity contribution >= 4 is 37.1 Å². The van der Waals surface area contributed by atoms with Crippen LogP contribution < -0.4 is 21.2 Å². The largest absolute Gasteiger partial charge is 0.393 e. The van der Waals surface area contributed by atoms with E-state index >= 15 is 0 Å². The van der Waals surface area contributed by atoms with E-state index in [1.54, 1.807) is 0 Å². The van der Waals surface area contributed by atoms with Gasteiger partial charge in [0.1, 0.15) is 5.60 Å². The molecule has 4 heteroatoms. The van der Waals surface area contributed by atoms with E-state index in [1.807, 2.05) is 0 Å². The molecule has 274 valence electrons. The highest BCUT2D eigenvalue weighted by molar-refractivity contribution is 7.74. The fraction of sp³-hybridized carbons (Fsp3) is 0.176. The number of aliphatic hydroxyl groups is 1. The highest BCUT2D eigenvalue weighted by atomic mass is 31.1. The van der Waals surface area contributed by atoms with E-state index in [-0.39, 0.29) is 11.8 Å². The van der Waals surface area contributed by atoms with Crippen molar-refractivity contribution in [2.75, 3.05) is 12.8 Å². The Bertz CT molecular complexity index is 1990. The van der Waals surface area contributed by atoms with Gasteiger partial charge in [-0.05, 0) is 90.3 Å². The Hall–Kier alpha value is -4.68. The highest BCUT2D eigenvalue weighted by Gasteiger charge is 2.47. The summed E-state index contributed by atoms with van der Waals surface area (Å²) in [5.41, 5.74) is 2.80. The van der Waals surface area contributed by atoms with Crippen LogP contribution in [0.1, 0.15) is 29.5 Å². The van der Waals surface area contributed by atoms with Crippen LogP contribution in [-0.2, 0) is 10.3 Å². The molecule has 8 rings (SSSR count). The summed E-state index contributed by atoms with van der Waals surface area (Å²) in [6.45, 7) is 0.507. The van der Waals surface area contributed by atoms with Gasteiger partial charge in [0.15, 0.2) is 0 Å². The molecule has 7 aromatic rings. The molecule has 1 aliphatic carbocycles. The summed E-state index contributed by atoms with van der Waals surface area (Å²) in [6.07, 6.45) is 2.11. The Labute approximate surface area is 329 Å². The van der Waals surface area contributed by atoms with Crippen molar-refractivity contribution in [3.05, 3.63) is 229 Å². The summed E-state index contributed by atoms with van der Waals surface area (Å²) in [4.78, 5) is 0. The van der Waals surface area contributed by atoms with Gasteiger partial charge in [-0.15, -0.1) is 0 Å². The second kappa shape index (κ2) is 17.8. The number of ether oxygens (including phenoxy) is 1. The van der Waals surface area contributed by atoms with E-state index in [4.69, 9.17) is 4.74 Å². The van der Waals surface area contributed by atoms with Crippen LogP contribution in [-0.4, -0.2) is 29.6 Å². The van der Waals surface area contributed by atoms with Crippen LogP contribution in [0.4, 0.5) is 0 Å². The van der Waals surface area contributed by atoms with Crippen molar-refractivity contribution in [3.8, 4) is 0 Å². The molecule has 0 radical (unpaired) electrons. The minimum atomic E-state index is -0.802. The molecular formula is C51H48O2P2. The molecule has 0 amide bonds. The average molecular weight is 755 g/mol. The zero-order chi connectivity index (χ0) is 37.3. The lowest BCUT2D eigenvalue weighted by atomic mass is 9.80. The van der Waals surface area contributed by atoms with E-state index in [0.29, 0.717) is 12.3 Å². The third-order valence-electron chi connectivity index (χ3n) is 11.3. The van der Waals surface area contributed by atoms with Crippen molar-refractivity contribution in [1.82, 2.24) is 0 Å². The maximum Gasteiger partial charge on any atom is 0.143 e. The van der Waals surface area contributed by atoms with Gasteiger partial charge in [-0.1, -0.05) is 212 Å². The van der Waals surface area contributed by atoms with Crippen molar-refractivity contribution in [2.24, 2.45) is 11.8 Å². The molecule has 4 atom stereocenters. The SMILES string of the molecule is OC1C[C@H](P(c2ccccc2)c2ccccc2)C(CP(c2ccccc2)c2ccccc2)C1CCOC(c1ccccc1)(c1ccccc1)c1ccccc1. The van der Waals surface area contributed by atoms with E-state index in [9.17, 15) is 5.11 Å². The van der Waals surface area contributed by atoms with Crippen molar-refractivity contribution in [1.29, 1.82) is 0 Å². The van der Waals surface area contributed by atoms with Crippen molar-refractivity contribution < 1.29 is 9.84 Å². The van der Waals surface area contributed by atoms with Gasteiger partial charge in [-0.2, -0.15) is 0 Å². The lowest BCUT2D eigenvalue weighted by Crippen LogP contribution is -2.35. The van der Waals surface area contributed by atoms with Crippen LogP contribution in [0.3, 0.4) is 0 Å². The Morgan fingerprint density at radius 2 is 0.800 bits per heavy atom. The number of hydrogen-bond donors (Lipinski definition) is 1. The van der Waals surface area contributed by atoms with Crippen LogP contribution in [0.25, 0.3) is 0 Å². The Balaban J connectivity index is 1.20. The molecule has 1 fully saturated rings. The molecule has 3 unspecified atom stereocenters. The van der Waals surface area contributed by atoms with Crippen molar-refractivity contribution in [3.63, 3.8) is 0 Å². The molecule has 55 heavy (non-hydrogen) atoms. The highest BCUT2D eigenvalue weighted by Crippen LogP contribution is 2.56. The molecule has 0 aliphatic heterocycles. The van der Waals surface area contributed by atoms with Crippen LogP contribution in [0.2, 0.25) is 0 Å². The molecule has 0 bridgehead atoms. The van der Waals surface area contributed by atoms with Gasteiger partial charge in [0.2, 0.25) is 0 Å². The minimum Gasteiger partial charge on any atom is -0.393 e. The first kappa shape index (κ1) is 37.3. The summed E-state index contributed by atoms with van der Waals surface area (Å²) in [5, 5.41) is 17.9. The van der Waals surface area contributed by atoms with Gasteiger partial charge in [0, 0.05) is 6.61 Å². The van der Waals surface area contributed by atoms with Crippen LogP contribution in [0.5, 0.6) is 0 Å². The summed E-state index contributed by atoms with van der Waals surface area (Å²) in [5.74, 6) is 0.344. The van der Waals surface area contributed by atoms with E-state index in [0.717, 1.165) is 35.7 Å². The first-order valence-corrected chi connectivity index (χ1v) is 22.4. The monoisotopic (exact) mass is 754 g/mol. The van der Waals surface area contributed by atoms with E-state index < -0.39 is 27.5 Å². The van der Waals surface area contributed by atoms with Crippen LogP contribution >= 0.6 is 15.8 Å². The lowest BCUT2D eigenvalue weighted by Gasteiger charge is -2.37. The fourth-order valence-electron chi connectivity index (χ4n) is 8.74. The maximum atomic E-state index is 12.4. The molecule has 0 aromatic heterocycles. The summed E-state index contributed by atoms with van der Waals surface area (Å²) >= 11 is 0. The maximum absolute atomic E-state index is 12.4. The van der Waals surface area contributed by atoms with E-state index in [2.05, 4.69) is 212 Å². The van der Waals surface area contributed by atoms with E-state index in [1.165, 1.54) is 21.2 Å². The standard InChI is InChI=1S/C51H48O2P2/c52-49-38-50(55(45-32-18-6-19-33-45)46-34-20-7-21-35-46)48(39-54(43-28-14-4-15-29-43)44-30-16-5-17-31-44)47(49)36-37-53-51(40-22-8-1-9-23-40,41-24-10-2-11-25-41)42-26-12-3-13-27-42/h1-35,47-50,52H,36-39H2/t47?,48?,49?,50-/m0/s1.